The highest BCUT2D eigenvalue weighted by atomic mass is 35.5. The minimum absolute atomic E-state index is 0.133. The van der Waals surface area contributed by atoms with Crippen LogP contribution in [0.25, 0.3) is 0 Å². The van der Waals surface area contributed by atoms with Crippen molar-refractivity contribution in [2.75, 3.05) is 17.8 Å². The number of aryl methyl sites for hydroxylation is 1. The van der Waals surface area contributed by atoms with Crippen LogP contribution in [0.3, 0.4) is 0 Å². The van der Waals surface area contributed by atoms with E-state index >= 15 is 0 Å². The molecule has 0 unspecified atom stereocenters. The van der Waals surface area contributed by atoms with Gasteiger partial charge in [0.15, 0.2) is 0 Å². The van der Waals surface area contributed by atoms with Crippen LogP contribution in [-0.2, 0) is 11.2 Å². The SMILES string of the molecule is O=C(CCOc1ccccc1)Nc1nnc(CCCCl)s1. The van der Waals surface area contributed by atoms with Crippen molar-refractivity contribution >= 4 is 34.0 Å². The predicted molar refractivity (Wildman–Crippen MR) is 84.1 cm³/mol. The molecular weight excluding hydrogens is 310 g/mol. The van der Waals surface area contributed by atoms with Crippen LogP contribution in [0.15, 0.2) is 30.3 Å². The fraction of sp³-hybridized carbons (Fsp3) is 0.357. The Kier molecular flexibility index (Phi) is 6.43. The lowest BCUT2D eigenvalue weighted by molar-refractivity contribution is -0.116. The average Bonchev–Trinajstić information content (AvgIpc) is 2.93. The molecule has 21 heavy (non-hydrogen) atoms. The van der Waals surface area contributed by atoms with Crippen LogP contribution in [0.1, 0.15) is 17.8 Å². The number of nitrogens with one attached hydrogen (secondary N) is 1. The molecule has 0 saturated heterocycles. The first kappa shape index (κ1) is 15.7. The molecule has 1 amide bonds. The number of carbonyl (C=O) groups is 1. The Bertz CT molecular complexity index is 562. The predicted octanol–water partition coefficient (Wildman–Crippen LogP) is 3.12. The number of benzene rings is 1. The Balaban J connectivity index is 1.70. The van der Waals surface area contributed by atoms with E-state index in [1.807, 2.05) is 30.3 Å². The standard InChI is InChI=1S/C14H16ClN3O2S/c15-9-4-7-13-17-18-14(21-13)16-12(19)8-10-20-11-5-2-1-3-6-11/h1-3,5-6H,4,7-10H2,(H,16,18,19). The van der Waals surface area contributed by atoms with E-state index in [1.54, 1.807) is 0 Å². The number of aromatic nitrogens is 2. The van der Waals surface area contributed by atoms with Gasteiger partial charge < -0.3 is 10.1 Å². The molecule has 2 aromatic rings. The highest BCUT2D eigenvalue weighted by Gasteiger charge is 2.08. The summed E-state index contributed by atoms with van der Waals surface area (Å²) < 4.78 is 5.46. The minimum atomic E-state index is -0.133. The Hall–Kier alpha value is -1.66. The molecule has 0 spiro atoms. The molecule has 1 N–H and O–H groups in total. The van der Waals surface area contributed by atoms with E-state index in [9.17, 15) is 4.79 Å². The van der Waals surface area contributed by atoms with E-state index in [4.69, 9.17) is 16.3 Å². The number of nitrogens with zero attached hydrogens (tertiary/aromatic N) is 2. The molecule has 0 bridgehead atoms. The largest absolute Gasteiger partial charge is 0.493 e. The lowest BCUT2D eigenvalue weighted by Crippen LogP contribution is -2.15. The zero-order valence-corrected chi connectivity index (χ0v) is 13.0. The van der Waals surface area contributed by atoms with Crippen LogP contribution in [0.4, 0.5) is 5.13 Å². The van der Waals surface area contributed by atoms with Crippen molar-refractivity contribution in [1.29, 1.82) is 0 Å². The van der Waals surface area contributed by atoms with Gasteiger partial charge in [-0.1, -0.05) is 29.5 Å². The first-order valence-electron chi connectivity index (χ1n) is 6.64. The van der Waals surface area contributed by atoms with Crippen molar-refractivity contribution in [3.8, 4) is 5.75 Å². The Morgan fingerprint density at radius 1 is 1.29 bits per heavy atom. The van der Waals surface area contributed by atoms with Gasteiger partial charge in [-0.15, -0.1) is 21.8 Å². The topological polar surface area (TPSA) is 64.1 Å². The third-order valence-electron chi connectivity index (χ3n) is 2.58. The molecule has 0 aliphatic carbocycles. The molecule has 1 heterocycles. The molecule has 112 valence electrons. The zero-order valence-electron chi connectivity index (χ0n) is 11.4. The Morgan fingerprint density at radius 2 is 2.10 bits per heavy atom. The van der Waals surface area contributed by atoms with Crippen LogP contribution in [-0.4, -0.2) is 28.6 Å². The molecule has 2 rings (SSSR count). The van der Waals surface area contributed by atoms with Gasteiger partial charge in [0.05, 0.1) is 13.0 Å². The highest BCUT2D eigenvalue weighted by molar-refractivity contribution is 7.15. The smallest absolute Gasteiger partial charge is 0.229 e. The zero-order chi connectivity index (χ0) is 14.9. The molecule has 5 nitrogen and oxygen atoms in total. The second-order valence-corrected chi connectivity index (χ2v) is 5.69. The van der Waals surface area contributed by atoms with Crippen molar-refractivity contribution in [3.05, 3.63) is 35.3 Å². The van der Waals surface area contributed by atoms with Gasteiger partial charge in [0.2, 0.25) is 11.0 Å². The fourth-order valence-electron chi connectivity index (χ4n) is 1.58. The van der Waals surface area contributed by atoms with Crippen molar-refractivity contribution < 1.29 is 9.53 Å². The maximum Gasteiger partial charge on any atom is 0.229 e. The number of hydrogen-bond acceptors (Lipinski definition) is 5. The third-order valence-corrected chi connectivity index (χ3v) is 3.74. The summed E-state index contributed by atoms with van der Waals surface area (Å²) in [5.74, 6) is 1.22. The van der Waals surface area contributed by atoms with Crippen LogP contribution < -0.4 is 10.1 Å². The molecule has 0 radical (unpaired) electrons. The van der Waals surface area contributed by atoms with Gasteiger partial charge in [-0.3, -0.25) is 4.79 Å². The van der Waals surface area contributed by atoms with Crippen molar-refractivity contribution in [1.82, 2.24) is 10.2 Å². The molecular formula is C14H16ClN3O2S. The summed E-state index contributed by atoms with van der Waals surface area (Å²) in [4.78, 5) is 11.8. The average molecular weight is 326 g/mol. The quantitative estimate of drug-likeness (QED) is 0.757. The third kappa shape index (κ3) is 5.69. The van der Waals surface area contributed by atoms with Crippen molar-refractivity contribution in [2.24, 2.45) is 0 Å². The number of ether oxygens (including phenoxy) is 1. The van der Waals surface area contributed by atoms with E-state index in [2.05, 4.69) is 15.5 Å². The van der Waals surface area contributed by atoms with Crippen molar-refractivity contribution in [3.63, 3.8) is 0 Å². The molecule has 0 aliphatic heterocycles. The summed E-state index contributed by atoms with van der Waals surface area (Å²) in [6.45, 7) is 0.327. The summed E-state index contributed by atoms with van der Waals surface area (Å²) in [6, 6.07) is 9.40. The van der Waals surface area contributed by atoms with Gasteiger partial charge in [-0.2, -0.15) is 0 Å². The van der Waals surface area contributed by atoms with Gasteiger partial charge in [-0.25, -0.2) is 0 Å². The lowest BCUT2D eigenvalue weighted by atomic mass is 10.3. The van der Waals surface area contributed by atoms with Gasteiger partial charge in [-0.05, 0) is 18.6 Å². The highest BCUT2D eigenvalue weighted by Crippen LogP contribution is 2.17. The number of hydrogen-bond donors (Lipinski definition) is 1. The number of halogens is 1. The van der Waals surface area contributed by atoms with Crippen molar-refractivity contribution in [2.45, 2.75) is 19.3 Å². The van der Waals surface area contributed by atoms with Crippen LogP contribution >= 0.6 is 22.9 Å². The molecule has 1 aromatic heterocycles. The number of rotatable bonds is 8. The van der Waals surface area contributed by atoms with E-state index in [0.717, 1.165) is 23.6 Å². The molecule has 7 heteroatoms. The lowest BCUT2D eigenvalue weighted by Gasteiger charge is -2.05. The summed E-state index contributed by atoms with van der Waals surface area (Å²) >= 11 is 7.00. The van der Waals surface area contributed by atoms with Crippen LogP contribution in [0.2, 0.25) is 0 Å². The minimum Gasteiger partial charge on any atom is -0.493 e. The van der Waals surface area contributed by atoms with E-state index < -0.39 is 0 Å². The molecule has 0 saturated carbocycles. The van der Waals surface area contributed by atoms with Gasteiger partial charge in [0, 0.05) is 12.3 Å². The maximum atomic E-state index is 11.8. The summed E-state index contributed by atoms with van der Waals surface area (Å²) in [6.07, 6.45) is 1.91. The Labute approximate surface area is 132 Å². The van der Waals surface area contributed by atoms with E-state index in [1.165, 1.54) is 11.3 Å². The molecule has 0 aliphatic rings. The van der Waals surface area contributed by atoms with E-state index in [-0.39, 0.29) is 12.3 Å². The number of amides is 1. The number of alkyl halides is 1. The second kappa shape index (κ2) is 8.59. The first-order valence-corrected chi connectivity index (χ1v) is 7.99. The number of para-hydroxylation sites is 1. The van der Waals surface area contributed by atoms with Gasteiger partial charge in [0.1, 0.15) is 10.8 Å². The normalized spacial score (nSPS) is 10.3. The van der Waals surface area contributed by atoms with Gasteiger partial charge in [0.25, 0.3) is 0 Å². The summed E-state index contributed by atoms with van der Waals surface area (Å²) in [5, 5.41) is 12.0. The van der Waals surface area contributed by atoms with Crippen LogP contribution in [0, 0.1) is 0 Å². The summed E-state index contributed by atoms with van der Waals surface area (Å²) in [5.41, 5.74) is 0. The Morgan fingerprint density at radius 3 is 2.86 bits per heavy atom. The fourth-order valence-corrected chi connectivity index (χ4v) is 2.51. The molecule has 1 aromatic carbocycles. The second-order valence-electron chi connectivity index (χ2n) is 4.25. The number of carbonyl (C=O) groups excluding carboxylic acids is 1. The molecule has 0 atom stereocenters. The van der Waals surface area contributed by atoms with Crippen LogP contribution in [0.5, 0.6) is 5.75 Å². The summed E-state index contributed by atoms with van der Waals surface area (Å²) in [7, 11) is 0. The van der Waals surface area contributed by atoms with E-state index in [0.29, 0.717) is 17.6 Å². The number of anilines is 1. The molecule has 0 fully saturated rings. The monoisotopic (exact) mass is 325 g/mol. The first-order chi connectivity index (χ1) is 10.3. The van der Waals surface area contributed by atoms with Gasteiger partial charge >= 0.3 is 0 Å². The maximum absolute atomic E-state index is 11.8.